The molecule has 1 aromatic heterocycles. The highest BCUT2D eigenvalue weighted by atomic mass is 32.2. The second-order valence-electron chi connectivity index (χ2n) is 7.00. The fourth-order valence-corrected chi connectivity index (χ4v) is 4.19. The molecular formula is C25H21N3O2S. The predicted molar refractivity (Wildman–Crippen MR) is 123 cm³/mol. The van der Waals surface area contributed by atoms with Crippen molar-refractivity contribution in [3.63, 3.8) is 0 Å². The van der Waals surface area contributed by atoms with E-state index in [0.717, 1.165) is 33.9 Å². The van der Waals surface area contributed by atoms with E-state index in [1.807, 2.05) is 72.8 Å². The monoisotopic (exact) mass is 427 g/mol. The highest BCUT2D eigenvalue weighted by Gasteiger charge is 2.29. The molecule has 2 heterocycles. The number of hydrogen-bond donors (Lipinski definition) is 0. The van der Waals surface area contributed by atoms with Gasteiger partial charge in [-0.1, -0.05) is 84.6 Å². The maximum atomic E-state index is 6.21. The van der Waals surface area contributed by atoms with Crippen molar-refractivity contribution in [1.29, 1.82) is 0 Å². The van der Waals surface area contributed by atoms with Crippen LogP contribution < -0.4 is 9.47 Å². The van der Waals surface area contributed by atoms with Crippen LogP contribution in [0.4, 0.5) is 0 Å². The Morgan fingerprint density at radius 3 is 2.39 bits per heavy atom. The molecule has 0 N–H and O–H groups in total. The molecular weight excluding hydrogens is 406 g/mol. The maximum absolute atomic E-state index is 6.21. The summed E-state index contributed by atoms with van der Waals surface area (Å²) in [4.78, 5) is 0. The maximum Gasteiger partial charge on any atom is 0.196 e. The van der Waals surface area contributed by atoms with Crippen LogP contribution in [0.1, 0.15) is 17.5 Å². The molecule has 0 amide bonds. The highest BCUT2D eigenvalue weighted by molar-refractivity contribution is 7.99. The Bertz CT molecular complexity index is 1180. The fourth-order valence-electron chi connectivity index (χ4n) is 3.42. The second-order valence-corrected chi connectivity index (χ2v) is 7.99. The van der Waals surface area contributed by atoms with E-state index in [4.69, 9.17) is 9.47 Å². The van der Waals surface area contributed by atoms with Crippen LogP contribution in [0.2, 0.25) is 0 Å². The van der Waals surface area contributed by atoms with Gasteiger partial charge < -0.3 is 9.47 Å². The van der Waals surface area contributed by atoms with Crippen LogP contribution in [0.5, 0.6) is 11.5 Å². The van der Waals surface area contributed by atoms with Crippen LogP contribution >= 0.6 is 11.8 Å². The van der Waals surface area contributed by atoms with Crippen molar-refractivity contribution in [2.45, 2.75) is 11.3 Å². The van der Waals surface area contributed by atoms with Crippen molar-refractivity contribution >= 4 is 17.8 Å². The average Bonchev–Trinajstić information content (AvgIpc) is 3.26. The normalized spacial score (nSPS) is 15.3. The molecule has 0 aliphatic carbocycles. The summed E-state index contributed by atoms with van der Waals surface area (Å²) >= 11 is 1.64. The number of benzene rings is 3. The quantitative estimate of drug-likeness (QED) is 0.376. The number of nitrogens with zero attached hydrogens (tertiary/aromatic N) is 3. The molecule has 1 unspecified atom stereocenters. The van der Waals surface area contributed by atoms with Crippen LogP contribution in [-0.4, -0.2) is 27.1 Å². The lowest BCUT2D eigenvalue weighted by atomic mass is 10.2. The first-order valence-corrected chi connectivity index (χ1v) is 11.1. The average molecular weight is 428 g/mol. The number of para-hydroxylation sites is 3. The first kappa shape index (κ1) is 19.5. The van der Waals surface area contributed by atoms with Crippen LogP contribution in [0, 0.1) is 0 Å². The largest absolute Gasteiger partial charge is 0.485 e. The van der Waals surface area contributed by atoms with Crippen molar-refractivity contribution in [1.82, 2.24) is 14.8 Å². The third-order valence-electron chi connectivity index (χ3n) is 4.89. The van der Waals surface area contributed by atoms with E-state index in [9.17, 15) is 0 Å². The zero-order valence-corrected chi connectivity index (χ0v) is 17.6. The molecule has 0 bridgehead atoms. The van der Waals surface area contributed by atoms with E-state index >= 15 is 0 Å². The van der Waals surface area contributed by atoms with Crippen molar-refractivity contribution in [3.05, 3.63) is 102 Å². The number of thioether (sulfide) groups is 1. The smallest absolute Gasteiger partial charge is 0.196 e. The van der Waals surface area contributed by atoms with Crippen molar-refractivity contribution in [3.8, 4) is 17.2 Å². The second kappa shape index (κ2) is 9.10. The summed E-state index contributed by atoms with van der Waals surface area (Å²) in [5.74, 6) is 2.99. The van der Waals surface area contributed by atoms with Gasteiger partial charge in [-0.3, -0.25) is 4.57 Å². The van der Waals surface area contributed by atoms with Gasteiger partial charge in [-0.25, -0.2) is 0 Å². The Morgan fingerprint density at radius 1 is 0.871 bits per heavy atom. The van der Waals surface area contributed by atoms with Gasteiger partial charge in [-0.15, -0.1) is 10.2 Å². The van der Waals surface area contributed by atoms with Gasteiger partial charge in [0.15, 0.2) is 28.6 Å². The summed E-state index contributed by atoms with van der Waals surface area (Å²) in [6.45, 7) is 0.389. The molecule has 4 aromatic rings. The first-order valence-electron chi connectivity index (χ1n) is 10.1. The molecule has 154 valence electrons. The minimum Gasteiger partial charge on any atom is -0.485 e. The zero-order chi connectivity index (χ0) is 20.9. The lowest BCUT2D eigenvalue weighted by molar-refractivity contribution is 0.0835. The first-order chi connectivity index (χ1) is 15.4. The topological polar surface area (TPSA) is 49.2 Å². The summed E-state index contributed by atoms with van der Waals surface area (Å²) in [6.07, 6.45) is 3.92. The zero-order valence-electron chi connectivity index (χ0n) is 16.8. The van der Waals surface area contributed by atoms with Crippen LogP contribution in [-0.2, 0) is 0 Å². The van der Waals surface area contributed by atoms with Gasteiger partial charge in [0.05, 0.1) is 0 Å². The molecule has 1 aliphatic rings. The Hall–Kier alpha value is -3.51. The minimum atomic E-state index is -0.336. The number of aromatic nitrogens is 3. The Labute approximate surface area is 185 Å². The van der Waals surface area contributed by atoms with E-state index in [0.29, 0.717) is 6.61 Å². The summed E-state index contributed by atoms with van der Waals surface area (Å²) < 4.78 is 14.2. The van der Waals surface area contributed by atoms with E-state index in [1.165, 1.54) is 5.56 Å². The molecule has 1 aliphatic heterocycles. The standard InChI is InChI=1S/C25H21N3O2S/c1-3-10-19(11-4-1)12-9-17-31-25-27-26-24(28(25)20-13-5-2-6-14-20)23-18-29-21-15-7-8-16-22(21)30-23/h1-16,23H,17-18H2/b12-9+. The molecule has 5 nitrogen and oxygen atoms in total. The van der Waals surface area contributed by atoms with E-state index in [-0.39, 0.29) is 6.10 Å². The summed E-state index contributed by atoms with van der Waals surface area (Å²) in [5, 5.41) is 9.78. The summed E-state index contributed by atoms with van der Waals surface area (Å²) in [5.41, 5.74) is 2.18. The molecule has 6 heteroatoms. The number of ether oxygens (including phenoxy) is 2. The third kappa shape index (κ3) is 4.34. The number of rotatable bonds is 6. The molecule has 1 atom stereocenters. The third-order valence-corrected chi connectivity index (χ3v) is 5.77. The van der Waals surface area contributed by atoms with Crippen LogP contribution in [0.25, 0.3) is 11.8 Å². The van der Waals surface area contributed by atoms with Gasteiger partial charge in [0.2, 0.25) is 0 Å². The highest BCUT2D eigenvalue weighted by Crippen LogP contribution is 2.36. The fraction of sp³-hybridized carbons (Fsp3) is 0.120. The van der Waals surface area contributed by atoms with Gasteiger partial charge >= 0.3 is 0 Å². The Balaban J connectivity index is 1.40. The van der Waals surface area contributed by atoms with Gasteiger partial charge in [0.25, 0.3) is 0 Å². The Kier molecular flexibility index (Phi) is 5.71. The molecule has 0 saturated carbocycles. The Morgan fingerprint density at radius 2 is 1.58 bits per heavy atom. The number of hydrogen-bond acceptors (Lipinski definition) is 5. The van der Waals surface area contributed by atoms with Gasteiger partial charge in [0, 0.05) is 11.4 Å². The van der Waals surface area contributed by atoms with Gasteiger partial charge in [-0.05, 0) is 29.8 Å². The molecule has 0 fully saturated rings. The van der Waals surface area contributed by atoms with Gasteiger partial charge in [-0.2, -0.15) is 0 Å². The van der Waals surface area contributed by atoms with Gasteiger partial charge in [0.1, 0.15) is 6.61 Å². The molecule has 5 rings (SSSR count). The molecule has 0 spiro atoms. The van der Waals surface area contributed by atoms with Crippen molar-refractivity contribution < 1.29 is 9.47 Å². The summed E-state index contributed by atoms with van der Waals surface area (Å²) in [6, 6.07) is 28.1. The lowest BCUT2D eigenvalue weighted by Crippen LogP contribution is -2.24. The molecule has 0 radical (unpaired) electrons. The van der Waals surface area contributed by atoms with E-state index in [2.05, 4.69) is 39.0 Å². The predicted octanol–water partition coefficient (Wildman–Crippen LogP) is 5.59. The SMILES string of the molecule is C(=C\c1ccccc1)/CSc1nnc(C2COc3ccccc3O2)n1-c1ccccc1. The molecule has 31 heavy (non-hydrogen) atoms. The van der Waals surface area contributed by atoms with E-state index in [1.54, 1.807) is 11.8 Å². The van der Waals surface area contributed by atoms with Crippen molar-refractivity contribution in [2.24, 2.45) is 0 Å². The van der Waals surface area contributed by atoms with Crippen LogP contribution in [0.3, 0.4) is 0 Å². The molecule has 3 aromatic carbocycles. The summed E-state index contributed by atoms with van der Waals surface area (Å²) in [7, 11) is 0. The number of fused-ring (bicyclic) bond motifs is 1. The lowest BCUT2D eigenvalue weighted by Gasteiger charge is -2.26. The molecule has 0 saturated heterocycles. The van der Waals surface area contributed by atoms with E-state index < -0.39 is 0 Å². The van der Waals surface area contributed by atoms with Crippen LogP contribution in [0.15, 0.2) is 96.2 Å². The van der Waals surface area contributed by atoms with Crippen molar-refractivity contribution in [2.75, 3.05) is 12.4 Å². The minimum absolute atomic E-state index is 0.336.